The summed E-state index contributed by atoms with van der Waals surface area (Å²) in [4.78, 5) is 24.3. The van der Waals surface area contributed by atoms with Gasteiger partial charge in [-0.3, -0.25) is 0 Å². The normalized spacial score (nSPS) is 18.7. The molecule has 18 heavy (non-hydrogen) atoms. The van der Waals surface area contributed by atoms with Crippen LogP contribution in [0.2, 0.25) is 0 Å². The summed E-state index contributed by atoms with van der Waals surface area (Å²) >= 11 is 0. The molecule has 1 heterocycles. The number of methoxy groups -OCH3 is 1. The molecular formula is C13H15NO4. The second kappa shape index (κ2) is 5.08. The van der Waals surface area contributed by atoms with Gasteiger partial charge in [0.25, 0.3) is 0 Å². The van der Waals surface area contributed by atoms with Gasteiger partial charge in [-0.05, 0) is 24.6 Å². The zero-order chi connectivity index (χ0) is 13.1. The number of ether oxygens (including phenoxy) is 2. The van der Waals surface area contributed by atoms with Gasteiger partial charge in [-0.15, -0.1) is 0 Å². The molecule has 2 rings (SSSR count). The van der Waals surface area contributed by atoms with Crippen molar-refractivity contribution in [2.45, 2.75) is 19.6 Å². The SMILES string of the molecule is COC(=O)c1ccc(CN2C[C@@H](C)OC2=O)cc1. The molecule has 1 aromatic rings. The minimum Gasteiger partial charge on any atom is -0.465 e. The molecule has 1 atom stereocenters. The van der Waals surface area contributed by atoms with Crippen LogP contribution in [0.4, 0.5) is 4.79 Å². The van der Waals surface area contributed by atoms with Crippen molar-refractivity contribution in [3.8, 4) is 0 Å². The highest BCUT2D eigenvalue weighted by Gasteiger charge is 2.27. The Balaban J connectivity index is 2.02. The molecular weight excluding hydrogens is 234 g/mol. The maximum atomic E-state index is 11.4. The largest absolute Gasteiger partial charge is 0.465 e. The van der Waals surface area contributed by atoms with E-state index in [2.05, 4.69) is 4.74 Å². The molecule has 1 amide bonds. The van der Waals surface area contributed by atoms with Crippen LogP contribution in [-0.2, 0) is 16.0 Å². The van der Waals surface area contributed by atoms with Crippen molar-refractivity contribution in [2.24, 2.45) is 0 Å². The molecule has 5 nitrogen and oxygen atoms in total. The Morgan fingerprint density at radius 3 is 2.61 bits per heavy atom. The van der Waals surface area contributed by atoms with Crippen LogP contribution in [-0.4, -0.2) is 36.7 Å². The van der Waals surface area contributed by atoms with Crippen LogP contribution in [0.15, 0.2) is 24.3 Å². The molecule has 1 fully saturated rings. The summed E-state index contributed by atoms with van der Waals surface area (Å²) in [5.74, 6) is -0.365. The molecule has 1 aliphatic heterocycles. The smallest absolute Gasteiger partial charge is 0.410 e. The van der Waals surface area contributed by atoms with Gasteiger partial charge in [0, 0.05) is 6.54 Å². The number of esters is 1. The van der Waals surface area contributed by atoms with Crippen LogP contribution in [0, 0.1) is 0 Å². The summed E-state index contributed by atoms with van der Waals surface area (Å²) in [6.45, 7) is 2.94. The number of hydrogen-bond acceptors (Lipinski definition) is 4. The summed E-state index contributed by atoms with van der Waals surface area (Å²) in [6.07, 6.45) is -0.355. The molecule has 0 aromatic heterocycles. The molecule has 96 valence electrons. The lowest BCUT2D eigenvalue weighted by molar-refractivity contribution is 0.0600. The second-order valence-electron chi connectivity index (χ2n) is 4.26. The molecule has 0 bridgehead atoms. The van der Waals surface area contributed by atoms with Gasteiger partial charge in [0.05, 0.1) is 19.2 Å². The van der Waals surface area contributed by atoms with Gasteiger partial charge in [-0.2, -0.15) is 0 Å². The van der Waals surface area contributed by atoms with E-state index in [0.717, 1.165) is 5.56 Å². The van der Waals surface area contributed by atoms with E-state index in [1.807, 2.05) is 19.1 Å². The first-order chi connectivity index (χ1) is 8.60. The lowest BCUT2D eigenvalue weighted by atomic mass is 10.1. The van der Waals surface area contributed by atoms with Crippen molar-refractivity contribution in [2.75, 3.05) is 13.7 Å². The number of hydrogen-bond donors (Lipinski definition) is 0. The summed E-state index contributed by atoms with van der Waals surface area (Å²) in [5, 5.41) is 0. The van der Waals surface area contributed by atoms with E-state index in [4.69, 9.17) is 4.74 Å². The van der Waals surface area contributed by atoms with Crippen LogP contribution in [0.1, 0.15) is 22.8 Å². The topological polar surface area (TPSA) is 55.8 Å². The van der Waals surface area contributed by atoms with Gasteiger partial charge >= 0.3 is 12.1 Å². The maximum absolute atomic E-state index is 11.4. The average molecular weight is 249 g/mol. The predicted octanol–water partition coefficient (Wildman–Crippen LogP) is 1.81. The zero-order valence-corrected chi connectivity index (χ0v) is 10.4. The molecule has 0 radical (unpaired) electrons. The van der Waals surface area contributed by atoms with E-state index in [1.165, 1.54) is 7.11 Å². The minimum absolute atomic E-state index is 0.0631. The summed E-state index contributed by atoms with van der Waals surface area (Å²) in [7, 11) is 1.35. The first kappa shape index (κ1) is 12.4. The predicted molar refractivity (Wildman–Crippen MR) is 64.1 cm³/mol. The van der Waals surface area contributed by atoms with Crippen LogP contribution in [0.25, 0.3) is 0 Å². The van der Waals surface area contributed by atoms with E-state index < -0.39 is 0 Å². The lowest BCUT2D eigenvalue weighted by Gasteiger charge is -2.12. The minimum atomic E-state index is -0.365. The Hall–Kier alpha value is -2.04. The van der Waals surface area contributed by atoms with Gasteiger partial charge in [0.2, 0.25) is 0 Å². The van der Waals surface area contributed by atoms with Gasteiger partial charge in [-0.1, -0.05) is 12.1 Å². The molecule has 0 unspecified atom stereocenters. The summed E-state index contributed by atoms with van der Waals surface area (Å²) in [5.41, 5.74) is 1.45. The molecule has 0 aliphatic carbocycles. The third kappa shape index (κ3) is 2.61. The quantitative estimate of drug-likeness (QED) is 0.767. The van der Waals surface area contributed by atoms with E-state index >= 15 is 0 Å². The van der Waals surface area contributed by atoms with Crippen molar-refractivity contribution in [3.05, 3.63) is 35.4 Å². The summed E-state index contributed by atoms with van der Waals surface area (Å²) in [6, 6.07) is 6.99. The van der Waals surface area contributed by atoms with E-state index in [-0.39, 0.29) is 18.2 Å². The second-order valence-corrected chi connectivity index (χ2v) is 4.26. The number of cyclic esters (lactones) is 1. The zero-order valence-electron chi connectivity index (χ0n) is 10.4. The maximum Gasteiger partial charge on any atom is 0.410 e. The summed E-state index contributed by atoms with van der Waals surface area (Å²) < 4.78 is 9.66. The van der Waals surface area contributed by atoms with Crippen molar-refractivity contribution in [1.29, 1.82) is 0 Å². The van der Waals surface area contributed by atoms with Crippen molar-refractivity contribution in [1.82, 2.24) is 4.90 Å². The number of rotatable bonds is 3. The van der Waals surface area contributed by atoms with E-state index in [9.17, 15) is 9.59 Å². The number of benzene rings is 1. The molecule has 1 aliphatic rings. The van der Waals surface area contributed by atoms with Gasteiger partial charge in [0.1, 0.15) is 6.10 Å². The number of carbonyl (C=O) groups excluding carboxylic acids is 2. The third-order valence-corrected chi connectivity index (χ3v) is 2.79. The average Bonchev–Trinajstić information content (AvgIpc) is 2.68. The van der Waals surface area contributed by atoms with Crippen LogP contribution in [0.5, 0.6) is 0 Å². The van der Waals surface area contributed by atoms with E-state index in [0.29, 0.717) is 18.7 Å². The van der Waals surface area contributed by atoms with Gasteiger partial charge in [0.15, 0.2) is 0 Å². The highest BCUT2D eigenvalue weighted by Crippen LogP contribution is 2.15. The van der Waals surface area contributed by atoms with Gasteiger partial charge in [-0.25, -0.2) is 9.59 Å². The molecule has 0 saturated carbocycles. The van der Waals surface area contributed by atoms with Crippen molar-refractivity contribution >= 4 is 12.1 Å². The highest BCUT2D eigenvalue weighted by molar-refractivity contribution is 5.89. The first-order valence-electron chi connectivity index (χ1n) is 5.73. The number of amides is 1. The third-order valence-electron chi connectivity index (χ3n) is 2.79. The standard InChI is InChI=1S/C13H15NO4/c1-9-7-14(13(16)18-9)8-10-3-5-11(6-4-10)12(15)17-2/h3-6,9H,7-8H2,1-2H3/t9-/m1/s1. The fourth-order valence-electron chi connectivity index (χ4n) is 1.88. The molecule has 1 saturated heterocycles. The van der Waals surface area contributed by atoms with Crippen LogP contribution >= 0.6 is 0 Å². The Morgan fingerprint density at radius 1 is 1.44 bits per heavy atom. The molecule has 0 spiro atoms. The molecule has 0 N–H and O–H groups in total. The highest BCUT2D eigenvalue weighted by atomic mass is 16.6. The van der Waals surface area contributed by atoms with Gasteiger partial charge < -0.3 is 14.4 Å². The number of nitrogens with zero attached hydrogens (tertiary/aromatic N) is 1. The Morgan fingerprint density at radius 2 is 2.11 bits per heavy atom. The Bertz CT molecular complexity index is 455. The Labute approximate surface area is 105 Å². The van der Waals surface area contributed by atoms with Crippen molar-refractivity contribution < 1.29 is 19.1 Å². The fraction of sp³-hybridized carbons (Fsp3) is 0.385. The lowest BCUT2D eigenvalue weighted by Crippen LogP contribution is -2.24. The monoisotopic (exact) mass is 249 g/mol. The molecule has 1 aromatic carbocycles. The Kier molecular flexibility index (Phi) is 3.50. The van der Waals surface area contributed by atoms with Crippen LogP contribution < -0.4 is 0 Å². The van der Waals surface area contributed by atoms with Crippen LogP contribution in [0.3, 0.4) is 0 Å². The number of carbonyl (C=O) groups is 2. The first-order valence-corrected chi connectivity index (χ1v) is 5.73. The van der Waals surface area contributed by atoms with Crippen molar-refractivity contribution in [3.63, 3.8) is 0 Å². The molecule has 5 heteroatoms. The fourth-order valence-corrected chi connectivity index (χ4v) is 1.88. The van der Waals surface area contributed by atoms with E-state index in [1.54, 1.807) is 17.0 Å².